The van der Waals surface area contributed by atoms with Gasteiger partial charge in [-0.2, -0.15) is 0 Å². The molecule has 0 radical (unpaired) electrons. The smallest absolute Gasteiger partial charge is 0.132 e. The van der Waals surface area contributed by atoms with Crippen LogP contribution in [0.1, 0.15) is 11.5 Å². The van der Waals surface area contributed by atoms with Crippen molar-refractivity contribution in [3.05, 3.63) is 46.9 Å². The first-order valence-electron chi connectivity index (χ1n) is 7.26. The molecule has 116 valence electrons. The first-order chi connectivity index (χ1) is 10.7. The van der Waals surface area contributed by atoms with Crippen molar-refractivity contribution < 1.29 is 9.47 Å². The first kappa shape index (κ1) is 15.1. The van der Waals surface area contributed by atoms with E-state index >= 15 is 0 Å². The average molecular weight is 320 g/mol. The summed E-state index contributed by atoms with van der Waals surface area (Å²) >= 11 is 5.95. The maximum Gasteiger partial charge on any atom is 0.132 e. The van der Waals surface area contributed by atoms with Crippen LogP contribution in [0.5, 0.6) is 5.75 Å². The standard InChI is InChI=1S/C16H18ClN3O2/c1-12-18-14(11-22-15-4-2-3-13(17)9-15)10-16(19-12)20-5-7-21-8-6-20/h2-4,9-10H,5-8,11H2,1H3. The molecule has 6 heteroatoms. The number of hydrogen-bond acceptors (Lipinski definition) is 5. The van der Waals surface area contributed by atoms with E-state index in [4.69, 9.17) is 21.1 Å². The zero-order chi connectivity index (χ0) is 15.4. The minimum absolute atomic E-state index is 0.390. The molecule has 0 atom stereocenters. The van der Waals surface area contributed by atoms with Crippen molar-refractivity contribution in [2.24, 2.45) is 0 Å². The largest absolute Gasteiger partial charge is 0.487 e. The minimum atomic E-state index is 0.390. The molecule has 1 fully saturated rings. The molecular weight excluding hydrogens is 302 g/mol. The average Bonchev–Trinajstić information content (AvgIpc) is 2.53. The van der Waals surface area contributed by atoms with Gasteiger partial charge in [0.15, 0.2) is 0 Å². The molecular formula is C16H18ClN3O2. The fraction of sp³-hybridized carbons (Fsp3) is 0.375. The summed E-state index contributed by atoms with van der Waals surface area (Å²) in [5, 5.41) is 0.658. The van der Waals surface area contributed by atoms with E-state index in [0.29, 0.717) is 11.6 Å². The van der Waals surface area contributed by atoms with Gasteiger partial charge >= 0.3 is 0 Å². The molecule has 1 saturated heterocycles. The second-order valence-corrected chi connectivity index (χ2v) is 5.55. The highest BCUT2D eigenvalue weighted by atomic mass is 35.5. The maximum absolute atomic E-state index is 5.95. The summed E-state index contributed by atoms with van der Waals surface area (Å²) in [7, 11) is 0. The Kier molecular flexibility index (Phi) is 4.75. The molecule has 1 aromatic carbocycles. The second kappa shape index (κ2) is 6.94. The van der Waals surface area contributed by atoms with Gasteiger partial charge < -0.3 is 14.4 Å². The van der Waals surface area contributed by atoms with Crippen molar-refractivity contribution in [1.29, 1.82) is 0 Å². The van der Waals surface area contributed by atoms with Crippen LogP contribution in [0.15, 0.2) is 30.3 Å². The van der Waals surface area contributed by atoms with Gasteiger partial charge in [-0.25, -0.2) is 9.97 Å². The molecule has 0 unspecified atom stereocenters. The van der Waals surface area contributed by atoms with Gasteiger partial charge in [0.2, 0.25) is 0 Å². The lowest BCUT2D eigenvalue weighted by Crippen LogP contribution is -2.37. The summed E-state index contributed by atoms with van der Waals surface area (Å²) in [6, 6.07) is 9.33. The number of hydrogen-bond donors (Lipinski definition) is 0. The summed E-state index contributed by atoms with van der Waals surface area (Å²) in [6.45, 7) is 5.46. The van der Waals surface area contributed by atoms with Crippen molar-refractivity contribution in [2.75, 3.05) is 31.2 Å². The van der Waals surface area contributed by atoms with E-state index < -0.39 is 0 Å². The third-order valence-electron chi connectivity index (χ3n) is 3.40. The van der Waals surface area contributed by atoms with Crippen LogP contribution in [0.2, 0.25) is 5.02 Å². The van der Waals surface area contributed by atoms with Crippen molar-refractivity contribution in [2.45, 2.75) is 13.5 Å². The van der Waals surface area contributed by atoms with Gasteiger partial charge in [-0.1, -0.05) is 17.7 Å². The monoisotopic (exact) mass is 319 g/mol. The zero-order valence-electron chi connectivity index (χ0n) is 12.5. The number of morpholine rings is 1. The number of benzene rings is 1. The Morgan fingerprint density at radius 1 is 1.23 bits per heavy atom. The van der Waals surface area contributed by atoms with Crippen molar-refractivity contribution >= 4 is 17.4 Å². The van der Waals surface area contributed by atoms with E-state index in [1.807, 2.05) is 31.2 Å². The van der Waals surface area contributed by atoms with E-state index in [1.165, 1.54) is 0 Å². The van der Waals surface area contributed by atoms with Crippen molar-refractivity contribution in [1.82, 2.24) is 9.97 Å². The van der Waals surface area contributed by atoms with Crippen LogP contribution in [-0.2, 0) is 11.3 Å². The molecule has 0 saturated carbocycles. The lowest BCUT2D eigenvalue weighted by molar-refractivity contribution is 0.122. The van der Waals surface area contributed by atoms with Gasteiger partial charge in [0.1, 0.15) is 24.0 Å². The van der Waals surface area contributed by atoms with Gasteiger partial charge in [0, 0.05) is 24.2 Å². The molecule has 0 N–H and O–H groups in total. The summed E-state index contributed by atoms with van der Waals surface area (Å²) in [5.74, 6) is 2.41. The quantitative estimate of drug-likeness (QED) is 0.867. The Morgan fingerprint density at radius 3 is 2.82 bits per heavy atom. The third-order valence-corrected chi connectivity index (χ3v) is 3.63. The van der Waals surface area contributed by atoms with E-state index in [1.54, 1.807) is 6.07 Å². The van der Waals surface area contributed by atoms with Gasteiger partial charge in [-0.3, -0.25) is 0 Å². The topological polar surface area (TPSA) is 47.5 Å². The lowest BCUT2D eigenvalue weighted by Gasteiger charge is -2.28. The number of anilines is 1. The van der Waals surface area contributed by atoms with Crippen LogP contribution < -0.4 is 9.64 Å². The SMILES string of the molecule is Cc1nc(COc2cccc(Cl)c2)cc(N2CCOCC2)n1. The van der Waals surface area contributed by atoms with Crippen LogP contribution in [-0.4, -0.2) is 36.3 Å². The van der Waals surface area contributed by atoms with Gasteiger partial charge in [0.25, 0.3) is 0 Å². The second-order valence-electron chi connectivity index (χ2n) is 5.11. The molecule has 3 rings (SSSR count). The summed E-state index contributed by atoms with van der Waals surface area (Å²) in [4.78, 5) is 11.2. The first-order valence-corrected chi connectivity index (χ1v) is 7.64. The Bertz CT molecular complexity index is 645. The predicted octanol–water partition coefficient (Wildman–Crippen LogP) is 2.85. The number of nitrogens with zero attached hydrogens (tertiary/aromatic N) is 3. The molecule has 2 heterocycles. The maximum atomic E-state index is 5.95. The molecule has 0 aliphatic carbocycles. The Labute approximate surface area is 134 Å². The zero-order valence-corrected chi connectivity index (χ0v) is 13.2. The molecule has 0 amide bonds. The highest BCUT2D eigenvalue weighted by Crippen LogP contribution is 2.19. The van der Waals surface area contributed by atoms with E-state index in [9.17, 15) is 0 Å². The van der Waals surface area contributed by atoms with Gasteiger partial charge in [0.05, 0.1) is 18.9 Å². The van der Waals surface area contributed by atoms with Crippen LogP contribution in [0.3, 0.4) is 0 Å². The number of halogens is 1. The summed E-state index contributed by atoms with van der Waals surface area (Å²) < 4.78 is 11.1. The normalized spacial score (nSPS) is 14.9. The van der Waals surface area contributed by atoms with Crippen LogP contribution >= 0.6 is 11.6 Å². The number of aromatic nitrogens is 2. The molecule has 0 spiro atoms. The Balaban J connectivity index is 1.71. The van der Waals surface area contributed by atoms with E-state index in [2.05, 4.69) is 14.9 Å². The molecule has 2 aromatic rings. The highest BCUT2D eigenvalue weighted by molar-refractivity contribution is 6.30. The van der Waals surface area contributed by atoms with Crippen molar-refractivity contribution in [3.8, 4) is 5.75 Å². The number of ether oxygens (including phenoxy) is 2. The summed E-state index contributed by atoms with van der Waals surface area (Å²) in [6.07, 6.45) is 0. The molecule has 1 aromatic heterocycles. The number of rotatable bonds is 4. The molecule has 1 aliphatic heterocycles. The third kappa shape index (κ3) is 3.87. The highest BCUT2D eigenvalue weighted by Gasteiger charge is 2.14. The van der Waals surface area contributed by atoms with Gasteiger partial charge in [-0.15, -0.1) is 0 Å². The van der Waals surface area contributed by atoms with Crippen molar-refractivity contribution in [3.63, 3.8) is 0 Å². The Hall–Kier alpha value is -1.85. The van der Waals surface area contributed by atoms with Crippen LogP contribution in [0.25, 0.3) is 0 Å². The van der Waals surface area contributed by atoms with E-state index in [0.717, 1.165) is 49.4 Å². The minimum Gasteiger partial charge on any atom is -0.487 e. The fourth-order valence-electron chi connectivity index (χ4n) is 2.35. The molecule has 22 heavy (non-hydrogen) atoms. The molecule has 1 aliphatic rings. The lowest BCUT2D eigenvalue weighted by atomic mass is 10.3. The van der Waals surface area contributed by atoms with Crippen LogP contribution in [0.4, 0.5) is 5.82 Å². The van der Waals surface area contributed by atoms with E-state index in [-0.39, 0.29) is 0 Å². The summed E-state index contributed by atoms with van der Waals surface area (Å²) in [5.41, 5.74) is 0.856. The molecule has 5 nitrogen and oxygen atoms in total. The van der Waals surface area contributed by atoms with Crippen LogP contribution in [0, 0.1) is 6.92 Å². The number of aryl methyl sites for hydroxylation is 1. The predicted molar refractivity (Wildman–Crippen MR) is 85.6 cm³/mol. The van der Waals surface area contributed by atoms with Gasteiger partial charge in [-0.05, 0) is 25.1 Å². The Morgan fingerprint density at radius 2 is 2.05 bits per heavy atom. The molecule has 0 bridgehead atoms. The fourth-order valence-corrected chi connectivity index (χ4v) is 2.53.